The van der Waals surface area contributed by atoms with Gasteiger partial charge in [0, 0.05) is 30.4 Å². The summed E-state index contributed by atoms with van der Waals surface area (Å²) in [6, 6.07) is 12.6. The molecule has 3 aromatic rings. The Bertz CT molecular complexity index is 805. The van der Waals surface area contributed by atoms with Gasteiger partial charge in [0.05, 0.1) is 0 Å². The van der Waals surface area contributed by atoms with E-state index in [4.69, 9.17) is 4.52 Å². The first-order valence-corrected chi connectivity index (χ1v) is 8.80. The average molecular weight is 334 g/mol. The third kappa shape index (κ3) is 3.77. The van der Waals surface area contributed by atoms with Crippen LogP contribution in [0.4, 0.5) is 0 Å². The molecule has 0 N–H and O–H groups in total. The molecule has 1 aromatic carbocycles. The fraction of sp³-hybridized carbons (Fsp3) is 0.350. The van der Waals surface area contributed by atoms with Crippen molar-refractivity contribution in [1.82, 2.24) is 20.0 Å². The van der Waals surface area contributed by atoms with Gasteiger partial charge in [0.2, 0.25) is 0 Å². The second-order valence-corrected chi connectivity index (χ2v) is 6.73. The Hall–Kier alpha value is -2.53. The van der Waals surface area contributed by atoms with Gasteiger partial charge in [-0.05, 0) is 50.6 Å². The Balaban J connectivity index is 1.36. The number of rotatable bonds is 4. The van der Waals surface area contributed by atoms with Gasteiger partial charge in [0.15, 0.2) is 5.82 Å². The van der Waals surface area contributed by atoms with Crippen LogP contribution in [-0.2, 0) is 6.54 Å². The fourth-order valence-corrected chi connectivity index (χ4v) is 3.31. The molecule has 5 heteroatoms. The topological polar surface area (TPSA) is 55.1 Å². The van der Waals surface area contributed by atoms with Crippen molar-refractivity contribution in [2.45, 2.75) is 32.2 Å². The Morgan fingerprint density at radius 1 is 1.04 bits per heavy atom. The molecule has 0 aliphatic carbocycles. The molecule has 0 spiro atoms. The Morgan fingerprint density at radius 3 is 2.48 bits per heavy atom. The lowest BCUT2D eigenvalue weighted by atomic mass is 9.96. The molecule has 0 saturated carbocycles. The maximum atomic E-state index is 5.44. The maximum absolute atomic E-state index is 5.44. The van der Waals surface area contributed by atoms with Crippen molar-refractivity contribution in [2.24, 2.45) is 0 Å². The first-order valence-electron chi connectivity index (χ1n) is 8.80. The Kier molecular flexibility index (Phi) is 4.57. The number of aromatic nitrogens is 3. The fourth-order valence-electron chi connectivity index (χ4n) is 3.31. The molecule has 0 bridgehead atoms. The molecule has 0 unspecified atom stereocenters. The minimum absolute atomic E-state index is 0.383. The highest BCUT2D eigenvalue weighted by atomic mass is 16.5. The normalized spacial score (nSPS) is 16.2. The predicted octanol–water partition coefficient (Wildman–Crippen LogP) is 3.82. The molecule has 1 fully saturated rings. The number of piperidine rings is 1. The van der Waals surface area contributed by atoms with E-state index in [2.05, 4.69) is 51.2 Å². The van der Waals surface area contributed by atoms with E-state index in [1.807, 2.05) is 12.1 Å². The zero-order chi connectivity index (χ0) is 17.1. The van der Waals surface area contributed by atoms with Crippen LogP contribution in [0.2, 0.25) is 0 Å². The van der Waals surface area contributed by atoms with Crippen molar-refractivity contribution in [3.05, 3.63) is 65.7 Å². The van der Waals surface area contributed by atoms with Crippen molar-refractivity contribution < 1.29 is 4.52 Å². The molecule has 128 valence electrons. The summed E-state index contributed by atoms with van der Waals surface area (Å²) in [5.41, 5.74) is 3.61. The lowest BCUT2D eigenvalue weighted by Gasteiger charge is -2.30. The molecule has 2 aromatic heterocycles. The second-order valence-electron chi connectivity index (χ2n) is 6.73. The summed E-state index contributed by atoms with van der Waals surface area (Å²) in [6.07, 6.45) is 5.62. The van der Waals surface area contributed by atoms with E-state index in [-0.39, 0.29) is 0 Å². The van der Waals surface area contributed by atoms with Gasteiger partial charge in [-0.15, -0.1) is 0 Å². The molecule has 5 nitrogen and oxygen atoms in total. The zero-order valence-electron chi connectivity index (χ0n) is 14.4. The Labute approximate surface area is 147 Å². The number of nitrogens with zero attached hydrogens (tertiary/aromatic N) is 4. The first-order chi connectivity index (χ1) is 12.3. The van der Waals surface area contributed by atoms with E-state index < -0.39 is 0 Å². The molecular weight excluding hydrogens is 312 g/mol. The minimum Gasteiger partial charge on any atom is -0.334 e. The lowest BCUT2D eigenvalue weighted by molar-refractivity contribution is 0.200. The van der Waals surface area contributed by atoms with Crippen LogP contribution in [0.25, 0.3) is 11.5 Å². The van der Waals surface area contributed by atoms with Crippen molar-refractivity contribution in [1.29, 1.82) is 0 Å². The van der Waals surface area contributed by atoms with E-state index in [0.717, 1.165) is 43.9 Å². The van der Waals surface area contributed by atoms with E-state index in [0.29, 0.717) is 11.8 Å². The highest BCUT2D eigenvalue weighted by Crippen LogP contribution is 2.28. The van der Waals surface area contributed by atoms with Crippen LogP contribution in [0, 0.1) is 6.92 Å². The number of hydrogen-bond donors (Lipinski definition) is 0. The van der Waals surface area contributed by atoms with Gasteiger partial charge in [-0.25, -0.2) is 0 Å². The quantitative estimate of drug-likeness (QED) is 0.726. The summed E-state index contributed by atoms with van der Waals surface area (Å²) < 4.78 is 5.44. The van der Waals surface area contributed by atoms with Gasteiger partial charge in [0.1, 0.15) is 0 Å². The maximum Gasteiger partial charge on any atom is 0.258 e. The highest BCUT2D eigenvalue weighted by Gasteiger charge is 2.24. The summed E-state index contributed by atoms with van der Waals surface area (Å²) >= 11 is 0. The third-order valence-electron chi connectivity index (χ3n) is 4.85. The summed E-state index contributed by atoms with van der Waals surface area (Å²) in [5, 5.41) is 4.21. The molecule has 25 heavy (non-hydrogen) atoms. The van der Waals surface area contributed by atoms with Crippen molar-refractivity contribution in [3.8, 4) is 11.5 Å². The van der Waals surface area contributed by atoms with Crippen LogP contribution >= 0.6 is 0 Å². The summed E-state index contributed by atoms with van der Waals surface area (Å²) in [6.45, 7) is 5.28. The van der Waals surface area contributed by atoms with Gasteiger partial charge in [-0.2, -0.15) is 4.98 Å². The Morgan fingerprint density at radius 2 is 1.76 bits per heavy atom. The number of likely N-dealkylation sites (tertiary alicyclic amines) is 1. The summed E-state index contributed by atoms with van der Waals surface area (Å²) in [7, 11) is 0. The molecular formula is C20H22N4O. The smallest absolute Gasteiger partial charge is 0.258 e. The van der Waals surface area contributed by atoms with Crippen LogP contribution in [0.3, 0.4) is 0 Å². The van der Waals surface area contributed by atoms with E-state index >= 15 is 0 Å². The monoisotopic (exact) mass is 334 g/mol. The highest BCUT2D eigenvalue weighted by molar-refractivity contribution is 5.51. The average Bonchev–Trinajstić information content (AvgIpc) is 3.15. The van der Waals surface area contributed by atoms with Crippen molar-refractivity contribution >= 4 is 0 Å². The zero-order valence-corrected chi connectivity index (χ0v) is 14.4. The van der Waals surface area contributed by atoms with E-state index in [9.17, 15) is 0 Å². The van der Waals surface area contributed by atoms with Crippen LogP contribution < -0.4 is 0 Å². The summed E-state index contributed by atoms with van der Waals surface area (Å²) in [5.74, 6) is 1.80. The van der Waals surface area contributed by atoms with E-state index in [1.54, 1.807) is 12.4 Å². The molecule has 1 aliphatic heterocycles. The number of aryl methyl sites for hydroxylation is 1. The largest absolute Gasteiger partial charge is 0.334 e. The van der Waals surface area contributed by atoms with Crippen LogP contribution in [0.1, 0.15) is 35.7 Å². The standard InChI is InChI=1S/C20H22N4O/c1-15-2-4-16(5-3-15)14-24-12-8-17(9-13-24)19-22-20(25-23-19)18-6-10-21-11-7-18/h2-7,10-11,17H,8-9,12-14H2,1H3. The van der Waals surface area contributed by atoms with Crippen LogP contribution in [-0.4, -0.2) is 33.1 Å². The van der Waals surface area contributed by atoms with Gasteiger partial charge >= 0.3 is 0 Å². The molecule has 1 aliphatic rings. The van der Waals surface area contributed by atoms with Crippen LogP contribution in [0.5, 0.6) is 0 Å². The molecule has 1 saturated heterocycles. The van der Waals surface area contributed by atoms with Crippen LogP contribution in [0.15, 0.2) is 53.3 Å². The molecule has 0 amide bonds. The van der Waals surface area contributed by atoms with Crippen molar-refractivity contribution in [2.75, 3.05) is 13.1 Å². The van der Waals surface area contributed by atoms with E-state index in [1.165, 1.54) is 11.1 Å². The van der Waals surface area contributed by atoms with Gasteiger partial charge < -0.3 is 4.52 Å². The van der Waals surface area contributed by atoms with Gasteiger partial charge in [0.25, 0.3) is 5.89 Å². The number of benzene rings is 1. The SMILES string of the molecule is Cc1ccc(CN2CCC(c3noc(-c4ccncc4)n3)CC2)cc1. The van der Waals surface area contributed by atoms with Gasteiger partial charge in [-0.3, -0.25) is 9.88 Å². The molecule has 3 heterocycles. The molecule has 4 rings (SSSR count). The lowest BCUT2D eigenvalue weighted by Crippen LogP contribution is -2.32. The first kappa shape index (κ1) is 16.0. The van der Waals surface area contributed by atoms with Gasteiger partial charge in [-0.1, -0.05) is 35.0 Å². The van der Waals surface area contributed by atoms with Crippen molar-refractivity contribution in [3.63, 3.8) is 0 Å². The number of pyridine rings is 1. The summed E-state index contributed by atoms with van der Waals surface area (Å²) in [4.78, 5) is 11.1. The third-order valence-corrected chi connectivity index (χ3v) is 4.85. The number of hydrogen-bond acceptors (Lipinski definition) is 5. The predicted molar refractivity (Wildman–Crippen MR) is 96.0 cm³/mol. The minimum atomic E-state index is 0.383. The molecule has 0 atom stereocenters. The molecule has 0 radical (unpaired) electrons. The second kappa shape index (κ2) is 7.15.